The molecule has 3 heterocycles. The normalized spacial score (nSPS) is 15.8. The van der Waals surface area contributed by atoms with Crippen LogP contribution < -0.4 is 5.46 Å². The average molecular weight is 612 g/mol. The van der Waals surface area contributed by atoms with E-state index in [-0.39, 0.29) is 0 Å². The van der Waals surface area contributed by atoms with Crippen LogP contribution >= 0.6 is 0 Å². The van der Waals surface area contributed by atoms with Crippen molar-refractivity contribution in [2.75, 3.05) is 0 Å². The van der Waals surface area contributed by atoms with Gasteiger partial charge in [0.25, 0.3) is 0 Å². The minimum Gasteiger partial charge on any atom is -0.456 e. The fourth-order valence-electron chi connectivity index (χ4n) is 7.06. The summed E-state index contributed by atoms with van der Waals surface area (Å²) in [6, 6.07) is 47.5. The van der Waals surface area contributed by atoms with Crippen LogP contribution in [0.1, 0.15) is 27.7 Å². The van der Waals surface area contributed by atoms with Crippen LogP contribution in [0.2, 0.25) is 0 Å². The van der Waals surface area contributed by atoms with Crippen molar-refractivity contribution < 1.29 is 13.7 Å². The zero-order valence-corrected chi connectivity index (χ0v) is 27.0. The van der Waals surface area contributed by atoms with Crippen molar-refractivity contribution in [3.8, 4) is 27.9 Å². The molecule has 0 aliphatic carbocycles. The van der Waals surface area contributed by atoms with Gasteiger partial charge in [0.15, 0.2) is 0 Å². The van der Waals surface area contributed by atoms with Crippen molar-refractivity contribution in [1.82, 2.24) is 4.57 Å². The molecule has 1 aliphatic rings. The van der Waals surface area contributed by atoms with E-state index < -0.39 is 18.3 Å². The Morgan fingerprint density at radius 1 is 0.489 bits per heavy atom. The Labute approximate surface area is 274 Å². The molecule has 0 spiro atoms. The first-order valence-electron chi connectivity index (χ1n) is 16.3. The smallest absolute Gasteiger partial charge is 0.456 e. The minimum absolute atomic E-state index is 0.421. The summed E-state index contributed by atoms with van der Waals surface area (Å²) in [5.74, 6) is 0. The fourth-order valence-corrected chi connectivity index (χ4v) is 7.06. The molecule has 0 amide bonds. The minimum atomic E-state index is -0.466. The lowest BCUT2D eigenvalue weighted by molar-refractivity contribution is 0.00578. The van der Waals surface area contributed by atoms with Crippen LogP contribution in [-0.4, -0.2) is 22.9 Å². The third-order valence-corrected chi connectivity index (χ3v) is 10.3. The molecular weight excluding hydrogens is 577 g/mol. The van der Waals surface area contributed by atoms with Crippen LogP contribution in [0.3, 0.4) is 0 Å². The number of hydrogen-bond donors (Lipinski definition) is 0. The number of benzene rings is 6. The lowest BCUT2D eigenvalue weighted by Gasteiger charge is -2.32. The highest BCUT2D eigenvalue weighted by atomic mass is 16.7. The summed E-state index contributed by atoms with van der Waals surface area (Å²) in [6.07, 6.45) is 0. The van der Waals surface area contributed by atoms with Crippen molar-refractivity contribution in [3.63, 3.8) is 0 Å². The first kappa shape index (κ1) is 28.2. The van der Waals surface area contributed by atoms with Crippen LogP contribution in [0.15, 0.2) is 138 Å². The predicted octanol–water partition coefficient (Wildman–Crippen LogP) is 10.3. The van der Waals surface area contributed by atoms with Gasteiger partial charge in [-0.2, -0.15) is 0 Å². The van der Waals surface area contributed by atoms with E-state index in [2.05, 4.69) is 154 Å². The molecule has 0 atom stereocenters. The Morgan fingerprint density at radius 2 is 1.09 bits per heavy atom. The fraction of sp³-hybridized carbons (Fsp3) is 0.143. The van der Waals surface area contributed by atoms with E-state index in [1.165, 1.54) is 38.6 Å². The Hall–Kier alpha value is -5.10. The van der Waals surface area contributed by atoms with Crippen molar-refractivity contribution in [1.29, 1.82) is 0 Å². The zero-order chi connectivity index (χ0) is 31.9. The van der Waals surface area contributed by atoms with Gasteiger partial charge in [0.1, 0.15) is 11.2 Å². The molecular formula is C42H34BNO3. The summed E-state index contributed by atoms with van der Waals surface area (Å²) < 4.78 is 21.6. The van der Waals surface area contributed by atoms with Gasteiger partial charge in [0, 0.05) is 27.2 Å². The van der Waals surface area contributed by atoms with Crippen molar-refractivity contribution in [2.24, 2.45) is 0 Å². The Balaban J connectivity index is 1.10. The van der Waals surface area contributed by atoms with Crippen molar-refractivity contribution in [3.05, 3.63) is 133 Å². The number of aromatic nitrogens is 1. The molecule has 6 aromatic carbocycles. The number of para-hydroxylation sites is 2. The Bertz CT molecular complexity index is 2450. The maximum absolute atomic E-state index is 6.46. The van der Waals surface area contributed by atoms with Crippen molar-refractivity contribution in [2.45, 2.75) is 38.9 Å². The van der Waals surface area contributed by atoms with E-state index in [9.17, 15) is 0 Å². The Kier molecular flexibility index (Phi) is 6.11. The quantitative estimate of drug-likeness (QED) is 0.186. The van der Waals surface area contributed by atoms with Gasteiger partial charge in [0.2, 0.25) is 0 Å². The van der Waals surface area contributed by atoms with Gasteiger partial charge in [-0.3, -0.25) is 0 Å². The number of nitrogens with zero attached hydrogens (tertiary/aromatic N) is 1. The molecule has 0 radical (unpaired) electrons. The van der Waals surface area contributed by atoms with E-state index >= 15 is 0 Å². The van der Waals surface area contributed by atoms with Crippen LogP contribution in [-0.2, 0) is 9.31 Å². The van der Waals surface area contributed by atoms with E-state index in [0.717, 1.165) is 38.5 Å². The number of fused-ring (bicyclic) bond motifs is 6. The second-order valence-electron chi connectivity index (χ2n) is 13.6. The molecule has 2 aromatic heterocycles. The maximum Gasteiger partial charge on any atom is 0.495 e. The summed E-state index contributed by atoms with van der Waals surface area (Å²) >= 11 is 0. The summed E-state index contributed by atoms with van der Waals surface area (Å²) in [5, 5.41) is 4.61. The molecule has 47 heavy (non-hydrogen) atoms. The van der Waals surface area contributed by atoms with Crippen LogP contribution in [0.5, 0.6) is 0 Å². The highest BCUT2D eigenvalue weighted by Gasteiger charge is 2.52. The van der Waals surface area contributed by atoms with E-state index in [1.54, 1.807) is 0 Å². The average Bonchev–Trinajstić information content (AvgIpc) is 3.70. The Morgan fingerprint density at radius 3 is 1.81 bits per heavy atom. The molecule has 8 aromatic rings. The standard InChI is InChI=1S/C42H34BNO3/c1-41(2)42(3,4)47-43(46-41)35-14-10-16-39-40(35)34-26-30(22-24-38(34)45-39)28-19-17-27(18-20-28)29-21-23-37-33(25-29)32-13-8-9-15-36(32)44(37)31-11-6-5-7-12-31/h5-26H,1-4H3. The van der Waals surface area contributed by atoms with Gasteiger partial charge < -0.3 is 18.3 Å². The summed E-state index contributed by atoms with van der Waals surface area (Å²) in [6.45, 7) is 8.35. The van der Waals surface area contributed by atoms with Gasteiger partial charge in [-0.1, -0.05) is 84.9 Å². The van der Waals surface area contributed by atoms with Crippen LogP contribution in [0, 0.1) is 0 Å². The molecule has 4 nitrogen and oxygen atoms in total. The molecule has 1 aliphatic heterocycles. The van der Waals surface area contributed by atoms with Crippen molar-refractivity contribution >= 4 is 56.3 Å². The van der Waals surface area contributed by atoms with E-state index in [0.29, 0.717) is 0 Å². The van der Waals surface area contributed by atoms with Crippen LogP contribution in [0.25, 0.3) is 71.7 Å². The van der Waals surface area contributed by atoms with Gasteiger partial charge >= 0.3 is 7.12 Å². The topological polar surface area (TPSA) is 36.5 Å². The van der Waals surface area contributed by atoms with Gasteiger partial charge in [-0.05, 0) is 104 Å². The summed E-state index contributed by atoms with van der Waals surface area (Å²) in [4.78, 5) is 0. The molecule has 0 bridgehead atoms. The number of rotatable bonds is 4. The molecule has 1 fully saturated rings. The zero-order valence-electron chi connectivity index (χ0n) is 27.0. The molecule has 1 saturated heterocycles. The molecule has 228 valence electrons. The van der Waals surface area contributed by atoms with Gasteiger partial charge in [0.05, 0.1) is 22.2 Å². The third-order valence-electron chi connectivity index (χ3n) is 10.3. The predicted molar refractivity (Wildman–Crippen MR) is 195 cm³/mol. The van der Waals surface area contributed by atoms with E-state index in [4.69, 9.17) is 13.7 Å². The third kappa shape index (κ3) is 4.38. The number of hydrogen-bond acceptors (Lipinski definition) is 3. The largest absolute Gasteiger partial charge is 0.495 e. The molecule has 9 rings (SSSR count). The van der Waals surface area contributed by atoms with Gasteiger partial charge in [-0.25, -0.2) is 0 Å². The SMILES string of the molecule is CC1(C)OB(c2cccc3oc4ccc(-c5ccc(-c6ccc7c(c6)c6ccccc6n7-c6ccccc6)cc5)cc4c23)OC1(C)C. The monoisotopic (exact) mass is 611 g/mol. The second kappa shape index (κ2) is 10.2. The number of furan rings is 1. The van der Waals surface area contributed by atoms with Crippen LogP contribution in [0.4, 0.5) is 0 Å². The highest BCUT2D eigenvalue weighted by molar-refractivity contribution is 6.66. The first-order valence-corrected chi connectivity index (χ1v) is 16.3. The summed E-state index contributed by atoms with van der Waals surface area (Å²) in [5.41, 5.74) is 10.1. The van der Waals surface area contributed by atoms with E-state index in [1.807, 2.05) is 12.1 Å². The van der Waals surface area contributed by atoms with Gasteiger partial charge in [-0.15, -0.1) is 0 Å². The molecule has 0 saturated carbocycles. The second-order valence-corrected chi connectivity index (χ2v) is 13.6. The lowest BCUT2D eigenvalue weighted by atomic mass is 9.76. The summed E-state index contributed by atoms with van der Waals surface area (Å²) in [7, 11) is -0.466. The first-order chi connectivity index (χ1) is 22.8. The molecule has 0 unspecified atom stereocenters. The molecule has 5 heteroatoms. The maximum atomic E-state index is 6.46. The highest BCUT2D eigenvalue weighted by Crippen LogP contribution is 2.39. The molecule has 0 N–H and O–H groups in total. The lowest BCUT2D eigenvalue weighted by Crippen LogP contribution is -2.41.